The van der Waals surface area contributed by atoms with Gasteiger partial charge < -0.3 is 44.5 Å². The van der Waals surface area contributed by atoms with Crippen LogP contribution in [0, 0.1) is 6.92 Å². The van der Waals surface area contributed by atoms with E-state index in [0.29, 0.717) is 5.56 Å². The standard InChI is InChI=1S/C25H24O13/c1-9-3-11-18(13(27)4-9)22(32)19-12(20(11)30)5-10(26)6-14(19)37-25-24(34)23(33)21(31)15(38-25)8-36-17(29)7-16(28)35-2/h3-6,15,21,23-27,31,33-34H,7-8H2,1-2H3. The molecule has 5 N–H and O–H groups in total. The summed E-state index contributed by atoms with van der Waals surface area (Å²) >= 11 is 0. The molecule has 0 bridgehead atoms. The summed E-state index contributed by atoms with van der Waals surface area (Å²) in [6, 6.07) is 4.73. The van der Waals surface area contributed by atoms with E-state index in [4.69, 9.17) is 14.2 Å². The average Bonchev–Trinajstić information content (AvgIpc) is 2.85. The molecule has 1 fully saturated rings. The minimum atomic E-state index is -1.89. The molecule has 0 saturated carbocycles. The SMILES string of the molecule is COC(=O)CC(=O)OCC1OC(Oc2cc(O)cc3c2C(=O)c2c(O)cc(C)cc2C3=O)C(O)C(O)C1O. The Labute approximate surface area is 214 Å². The Bertz CT molecular complexity index is 1320. The summed E-state index contributed by atoms with van der Waals surface area (Å²) in [7, 11) is 1.07. The number of aryl methyl sites for hydroxylation is 1. The van der Waals surface area contributed by atoms with E-state index in [0.717, 1.165) is 19.2 Å². The summed E-state index contributed by atoms with van der Waals surface area (Å²) in [5.41, 5.74) is -0.400. The van der Waals surface area contributed by atoms with Crippen LogP contribution in [0.3, 0.4) is 0 Å². The number of aromatic hydroxyl groups is 2. The van der Waals surface area contributed by atoms with Crippen LogP contribution >= 0.6 is 0 Å². The summed E-state index contributed by atoms with van der Waals surface area (Å²) in [4.78, 5) is 49.5. The number of fused-ring (bicyclic) bond motifs is 2. The molecule has 1 heterocycles. The Morgan fingerprint density at radius 2 is 1.58 bits per heavy atom. The molecule has 1 aliphatic heterocycles. The van der Waals surface area contributed by atoms with Gasteiger partial charge in [0.2, 0.25) is 12.1 Å². The van der Waals surface area contributed by atoms with E-state index in [1.165, 1.54) is 12.1 Å². The maximum absolute atomic E-state index is 13.4. The van der Waals surface area contributed by atoms with Crippen molar-refractivity contribution in [3.63, 3.8) is 0 Å². The topological polar surface area (TPSA) is 206 Å². The number of aliphatic hydroxyl groups excluding tert-OH is 3. The second-order valence-corrected chi connectivity index (χ2v) is 8.80. The van der Waals surface area contributed by atoms with Crippen molar-refractivity contribution in [1.29, 1.82) is 0 Å². The maximum atomic E-state index is 13.4. The number of esters is 2. The van der Waals surface area contributed by atoms with Crippen LogP contribution in [0.2, 0.25) is 0 Å². The van der Waals surface area contributed by atoms with Gasteiger partial charge in [0.1, 0.15) is 54.7 Å². The van der Waals surface area contributed by atoms with Crippen molar-refractivity contribution in [3.8, 4) is 17.2 Å². The molecule has 13 heteroatoms. The lowest BCUT2D eigenvalue weighted by Crippen LogP contribution is -2.60. The average molecular weight is 532 g/mol. The molecule has 5 unspecified atom stereocenters. The maximum Gasteiger partial charge on any atom is 0.317 e. The van der Waals surface area contributed by atoms with E-state index in [1.807, 2.05) is 0 Å². The molecule has 202 valence electrons. The molecule has 0 radical (unpaired) electrons. The molecular weight excluding hydrogens is 508 g/mol. The van der Waals surface area contributed by atoms with Crippen LogP contribution in [0.1, 0.15) is 43.8 Å². The predicted octanol–water partition coefficient (Wildman–Crippen LogP) is -0.526. The van der Waals surface area contributed by atoms with Gasteiger partial charge in [0.25, 0.3) is 0 Å². The second-order valence-electron chi connectivity index (χ2n) is 8.80. The lowest BCUT2D eigenvalue weighted by atomic mass is 9.82. The van der Waals surface area contributed by atoms with Crippen LogP contribution in [-0.2, 0) is 23.8 Å². The third-order valence-electron chi connectivity index (χ3n) is 6.13. The number of aliphatic hydroxyl groups is 3. The van der Waals surface area contributed by atoms with Crippen molar-refractivity contribution < 1.29 is 63.7 Å². The van der Waals surface area contributed by atoms with Crippen LogP contribution in [0.4, 0.5) is 0 Å². The van der Waals surface area contributed by atoms with Gasteiger partial charge in [-0.2, -0.15) is 0 Å². The third-order valence-corrected chi connectivity index (χ3v) is 6.13. The number of rotatable bonds is 6. The largest absolute Gasteiger partial charge is 0.508 e. The second kappa shape index (κ2) is 10.4. The van der Waals surface area contributed by atoms with Crippen LogP contribution in [0.25, 0.3) is 0 Å². The summed E-state index contributed by atoms with van der Waals surface area (Å²) in [5.74, 6) is -4.69. The van der Waals surface area contributed by atoms with Crippen LogP contribution in [-0.4, -0.2) is 93.5 Å². The van der Waals surface area contributed by atoms with Gasteiger partial charge in [-0.25, -0.2) is 0 Å². The van der Waals surface area contributed by atoms with Crippen molar-refractivity contribution >= 4 is 23.5 Å². The number of hydrogen-bond donors (Lipinski definition) is 5. The Morgan fingerprint density at radius 3 is 2.26 bits per heavy atom. The monoisotopic (exact) mass is 532 g/mol. The zero-order valence-corrected chi connectivity index (χ0v) is 20.1. The number of ether oxygens (including phenoxy) is 4. The predicted molar refractivity (Wildman–Crippen MR) is 123 cm³/mol. The van der Waals surface area contributed by atoms with Gasteiger partial charge in [-0.15, -0.1) is 0 Å². The van der Waals surface area contributed by atoms with Gasteiger partial charge in [0.15, 0.2) is 5.78 Å². The Balaban J connectivity index is 1.62. The molecule has 4 rings (SSSR count). The number of carbonyl (C=O) groups excluding carboxylic acids is 4. The van der Waals surface area contributed by atoms with E-state index in [9.17, 15) is 44.7 Å². The molecule has 5 atom stereocenters. The molecule has 0 spiro atoms. The lowest BCUT2D eigenvalue weighted by molar-refractivity contribution is -0.278. The van der Waals surface area contributed by atoms with Crippen molar-refractivity contribution in [2.24, 2.45) is 0 Å². The first-order valence-electron chi connectivity index (χ1n) is 11.3. The highest BCUT2D eigenvalue weighted by molar-refractivity contribution is 6.30. The van der Waals surface area contributed by atoms with Crippen LogP contribution in [0.5, 0.6) is 17.2 Å². The molecular formula is C25H24O13. The van der Waals surface area contributed by atoms with Crippen molar-refractivity contribution in [2.45, 2.75) is 44.1 Å². The number of methoxy groups -OCH3 is 1. The van der Waals surface area contributed by atoms with Gasteiger partial charge in [-0.05, 0) is 30.7 Å². The summed E-state index contributed by atoms with van der Waals surface area (Å²) in [6.45, 7) is 0.964. The van der Waals surface area contributed by atoms with Crippen molar-refractivity contribution in [2.75, 3.05) is 13.7 Å². The highest BCUT2D eigenvalue weighted by Gasteiger charge is 2.46. The molecule has 2 aromatic rings. The molecule has 13 nitrogen and oxygen atoms in total. The van der Waals surface area contributed by atoms with Crippen LogP contribution in [0.15, 0.2) is 24.3 Å². The van der Waals surface area contributed by atoms with Gasteiger partial charge in [0.05, 0.1) is 18.2 Å². The molecule has 0 aromatic heterocycles. The zero-order valence-electron chi connectivity index (χ0n) is 20.1. The van der Waals surface area contributed by atoms with E-state index in [-0.39, 0.29) is 22.3 Å². The number of phenols is 2. The number of ketones is 2. The fraction of sp³-hybridized carbons (Fsp3) is 0.360. The molecule has 1 saturated heterocycles. The summed E-state index contributed by atoms with van der Waals surface area (Å²) < 4.78 is 20.3. The number of hydrogen-bond acceptors (Lipinski definition) is 13. The normalized spacial score (nSPS) is 24.3. The Morgan fingerprint density at radius 1 is 0.895 bits per heavy atom. The van der Waals surface area contributed by atoms with Crippen LogP contribution < -0.4 is 4.74 Å². The highest BCUT2D eigenvalue weighted by atomic mass is 16.7. The number of carbonyl (C=O) groups is 4. The fourth-order valence-electron chi connectivity index (χ4n) is 4.26. The number of phenolic OH excluding ortho intramolecular Hbond substituents is 2. The third kappa shape index (κ3) is 4.91. The Kier molecular flexibility index (Phi) is 7.37. The van der Waals surface area contributed by atoms with Gasteiger partial charge in [0, 0.05) is 17.2 Å². The minimum Gasteiger partial charge on any atom is -0.508 e. The molecule has 38 heavy (non-hydrogen) atoms. The van der Waals surface area contributed by atoms with Gasteiger partial charge >= 0.3 is 11.9 Å². The Hall–Kier alpha value is -4.04. The lowest BCUT2D eigenvalue weighted by Gasteiger charge is -2.40. The summed E-state index contributed by atoms with van der Waals surface area (Å²) in [6.07, 6.45) is -9.44. The molecule has 1 aliphatic carbocycles. The van der Waals surface area contributed by atoms with Crippen molar-refractivity contribution in [3.05, 3.63) is 52.1 Å². The smallest absolute Gasteiger partial charge is 0.317 e. The van der Waals surface area contributed by atoms with E-state index >= 15 is 0 Å². The van der Waals surface area contributed by atoms with Gasteiger partial charge in [-0.3, -0.25) is 19.2 Å². The van der Waals surface area contributed by atoms with E-state index in [1.54, 1.807) is 6.92 Å². The fourth-order valence-corrected chi connectivity index (χ4v) is 4.26. The minimum absolute atomic E-state index is 0.0714. The van der Waals surface area contributed by atoms with E-state index in [2.05, 4.69) is 4.74 Å². The summed E-state index contributed by atoms with van der Waals surface area (Å²) in [5, 5.41) is 51.6. The van der Waals surface area contributed by atoms with E-state index < -0.39 is 84.5 Å². The molecule has 2 aliphatic rings. The first kappa shape index (κ1) is 27.0. The number of benzene rings is 2. The molecule has 0 amide bonds. The first-order valence-corrected chi connectivity index (χ1v) is 11.3. The first-order chi connectivity index (χ1) is 17.9. The zero-order chi connectivity index (χ0) is 27.9. The van der Waals surface area contributed by atoms with Gasteiger partial charge in [-0.1, -0.05) is 0 Å². The highest BCUT2D eigenvalue weighted by Crippen LogP contribution is 2.40. The van der Waals surface area contributed by atoms with Crippen molar-refractivity contribution in [1.82, 2.24) is 0 Å². The quantitative estimate of drug-likeness (QED) is 0.200. The molecule has 2 aromatic carbocycles.